The lowest BCUT2D eigenvalue weighted by Gasteiger charge is -2.53. The molecule has 1 amide bonds. The van der Waals surface area contributed by atoms with Crippen molar-refractivity contribution < 1.29 is 27.4 Å². The van der Waals surface area contributed by atoms with Crippen LogP contribution in [0.2, 0.25) is 0 Å². The summed E-state index contributed by atoms with van der Waals surface area (Å²) >= 11 is 0. The number of hydrogen-bond donors (Lipinski definition) is 1. The molecule has 1 aliphatic heterocycles. The van der Waals surface area contributed by atoms with E-state index in [2.05, 4.69) is 19.2 Å². The average Bonchev–Trinajstić information content (AvgIpc) is 3.18. The molecule has 2 bridgehead atoms. The Bertz CT molecular complexity index is 809. The number of halogens is 3. The van der Waals surface area contributed by atoms with Crippen LogP contribution in [0, 0.1) is 22.7 Å². The lowest BCUT2D eigenvalue weighted by Crippen LogP contribution is -2.59. The van der Waals surface area contributed by atoms with E-state index in [-0.39, 0.29) is 34.8 Å². The number of benzene rings is 1. The lowest BCUT2D eigenvalue weighted by molar-refractivity contribution is -0.140. The van der Waals surface area contributed by atoms with Crippen molar-refractivity contribution in [3.05, 3.63) is 35.4 Å². The Hall–Kier alpha value is -1.60. The summed E-state index contributed by atoms with van der Waals surface area (Å²) in [4.78, 5) is 12.6. The summed E-state index contributed by atoms with van der Waals surface area (Å²) in [5.74, 6) is 0.475. The van der Waals surface area contributed by atoms with Crippen molar-refractivity contribution in [2.24, 2.45) is 22.7 Å². The maximum Gasteiger partial charge on any atom is 0.416 e. The zero-order valence-electron chi connectivity index (χ0n) is 17.7. The van der Waals surface area contributed by atoms with Gasteiger partial charge in [0.15, 0.2) is 0 Å². The Morgan fingerprint density at radius 3 is 2.80 bits per heavy atom. The van der Waals surface area contributed by atoms with Crippen molar-refractivity contribution in [2.75, 3.05) is 20.3 Å². The molecule has 2 aliphatic carbocycles. The number of hydrogen-bond acceptors (Lipinski definition) is 3. The van der Waals surface area contributed by atoms with Crippen molar-refractivity contribution in [3.63, 3.8) is 0 Å². The molecule has 1 aromatic rings. The fraction of sp³-hybridized carbons (Fsp3) is 0.696. The third-order valence-corrected chi connectivity index (χ3v) is 7.89. The molecule has 1 N–H and O–H groups in total. The van der Waals surface area contributed by atoms with Gasteiger partial charge in [-0.2, -0.15) is 13.2 Å². The molecule has 1 aromatic carbocycles. The summed E-state index contributed by atoms with van der Waals surface area (Å²) in [5, 5.41) is 3.28. The minimum absolute atomic E-state index is 0.0182. The zero-order valence-corrected chi connectivity index (χ0v) is 17.7. The number of amides is 1. The van der Waals surface area contributed by atoms with Crippen LogP contribution in [0.4, 0.5) is 13.2 Å². The standard InChI is InChI=1S/C23H30F3NO3/c1-21(2)16-12-17-19(14-5-4-6-15(11-14)23(24,25)26)30-10-8-22(17,13-16)20(21)27-18(28)7-9-29-3/h4-6,11,16-17,19-20H,7-10,12-13H2,1-3H3,(H,27,28)/t16-,17-,19-,20+,22-/m1/s1. The first-order valence-electron chi connectivity index (χ1n) is 10.7. The van der Waals surface area contributed by atoms with Gasteiger partial charge in [0.25, 0.3) is 0 Å². The van der Waals surface area contributed by atoms with Crippen LogP contribution in [-0.4, -0.2) is 32.3 Å². The van der Waals surface area contributed by atoms with Crippen LogP contribution in [0.5, 0.6) is 0 Å². The maximum atomic E-state index is 13.3. The smallest absolute Gasteiger partial charge is 0.384 e. The second-order valence-corrected chi connectivity index (χ2v) is 9.71. The normalized spacial score (nSPS) is 34.6. The highest BCUT2D eigenvalue weighted by Gasteiger charge is 2.68. The van der Waals surface area contributed by atoms with Crippen molar-refractivity contribution >= 4 is 5.91 Å². The number of carbonyl (C=O) groups excluding carboxylic acids is 1. The van der Waals surface area contributed by atoms with Gasteiger partial charge in [-0.05, 0) is 59.6 Å². The second kappa shape index (κ2) is 7.52. The van der Waals surface area contributed by atoms with Gasteiger partial charge in [0.1, 0.15) is 0 Å². The molecule has 0 aromatic heterocycles. The van der Waals surface area contributed by atoms with Gasteiger partial charge in [0.05, 0.1) is 18.3 Å². The first-order valence-corrected chi connectivity index (χ1v) is 10.7. The fourth-order valence-corrected chi connectivity index (χ4v) is 6.44. The highest BCUT2D eigenvalue weighted by Crippen LogP contribution is 2.70. The van der Waals surface area contributed by atoms with E-state index in [4.69, 9.17) is 9.47 Å². The number of methoxy groups -OCH3 is 1. The van der Waals surface area contributed by atoms with E-state index in [1.807, 2.05) is 0 Å². The van der Waals surface area contributed by atoms with Crippen LogP contribution in [-0.2, 0) is 20.4 Å². The Labute approximate surface area is 175 Å². The molecule has 5 atom stereocenters. The van der Waals surface area contributed by atoms with Gasteiger partial charge in [-0.25, -0.2) is 0 Å². The third-order valence-electron chi connectivity index (χ3n) is 7.89. The summed E-state index contributed by atoms with van der Waals surface area (Å²) in [6.07, 6.45) is -1.72. The SMILES string of the molecule is COCCC(=O)N[C@H]1C(C)(C)[C@@H]2C[C@@H]3[C@@H](c4cccc(C(F)(F)F)c4)OCC[C@@]31C2. The highest BCUT2D eigenvalue weighted by molar-refractivity contribution is 5.76. The van der Waals surface area contributed by atoms with E-state index in [1.54, 1.807) is 13.2 Å². The monoisotopic (exact) mass is 425 g/mol. The second-order valence-electron chi connectivity index (χ2n) is 9.71. The average molecular weight is 425 g/mol. The molecule has 4 rings (SSSR count). The highest BCUT2D eigenvalue weighted by atomic mass is 19.4. The number of ether oxygens (including phenoxy) is 2. The number of fused-ring (bicyclic) bond motifs is 1. The number of nitrogens with one attached hydrogen (secondary N) is 1. The van der Waals surface area contributed by atoms with Crippen molar-refractivity contribution in [1.82, 2.24) is 5.32 Å². The molecule has 0 unspecified atom stereocenters. The maximum absolute atomic E-state index is 13.3. The Balaban J connectivity index is 1.64. The van der Waals surface area contributed by atoms with E-state index < -0.39 is 11.7 Å². The molecule has 30 heavy (non-hydrogen) atoms. The van der Waals surface area contributed by atoms with Gasteiger partial charge in [-0.15, -0.1) is 0 Å². The first kappa shape index (κ1) is 21.6. The molecule has 0 radical (unpaired) electrons. The van der Waals surface area contributed by atoms with E-state index in [0.717, 1.165) is 25.3 Å². The molecule has 166 valence electrons. The van der Waals surface area contributed by atoms with E-state index in [1.165, 1.54) is 12.1 Å². The van der Waals surface area contributed by atoms with E-state index in [9.17, 15) is 18.0 Å². The third kappa shape index (κ3) is 3.44. The largest absolute Gasteiger partial charge is 0.416 e. The van der Waals surface area contributed by atoms with Crippen molar-refractivity contribution in [3.8, 4) is 0 Å². The van der Waals surface area contributed by atoms with Gasteiger partial charge < -0.3 is 14.8 Å². The molecule has 1 heterocycles. The van der Waals surface area contributed by atoms with Gasteiger partial charge in [0.2, 0.25) is 5.91 Å². The van der Waals surface area contributed by atoms with Gasteiger partial charge in [0, 0.05) is 26.2 Å². The predicted octanol–water partition coefficient (Wildman–Crippen LogP) is 4.74. The molecule has 2 saturated carbocycles. The summed E-state index contributed by atoms with van der Waals surface area (Å²) in [6.45, 7) is 5.27. The zero-order chi connectivity index (χ0) is 21.7. The number of alkyl halides is 3. The molecule has 7 heteroatoms. The topological polar surface area (TPSA) is 47.6 Å². The Kier molecular flexibility index (Phi) is 5.42. The molecule has 1 saturated heterocycles. The van der Waals surface area contributed by atoms with Crippen LogP contribution in [0.25, 0.3) is 0 Å². The van der Waals surface area contributed by atoms with Crippen molar-refractivity contribution in [2.45, 2.75) is 57.9 Å². The lowest BCUT2D eigenvalue weighted by atomic mass is 9.58. The quantitative estimate of drug-likeness (QED) is 0.741. The minimum atomic E-state index is -4.38. The Morgan fingerprint density at radius 2 is 2.10 bits per heavy atom. The number of rotatable bonds is 5. The molecule has 3 fully saturated rings. The van der Waals surface area contributed by atoms with Crippen LogP contribution < -0.4 is 5.32 Å². The minimum Gasteiger partial charge on any atom is -0.384 e. The van der Waals surface area contributed by atoms with Crippen molar-refractivity contribution in [1.29, 1.82) is 0 Å². The predicted molar refractivity (Wildman–Crippen MR) is 106 cm³/mol. The van der Waals surface area contributed by atoms with Gasteiger partial charge >= 0.3 is 6.18 Å². The molecular formula is C23H30F3NO3. The number of carbonyl (C=O) groups is 1. The van der Waals surface area contributed by atoms with E-state index in [0.29, 0.717) is 31.1 Å². The van der Waals surface area contributed by atoms with Crippen LogP contribution in [0.1, 0.15) is 56.8 Å². The molecule has 4 nitrogen and oxygen atoms in total. The van der Waals surface area contributed by atoms with Crippen LogP contribution in [0.15, 0.2) is 24.3 Å². The van der Waals surface area contributed by atoms with Crippen LogP contribution in [0.3, 0.4) is 0 Å². The van der Waals surface area contributed by atoms with E-state index >= 15 is 0 Å². The summed E-state index contributed by atoms with van der Waals surface area (Å²) in [6, 6.07) is 5.51. The summed E-state index contributed by atoms with van der Waals surface area (Å²) in [7, 11) is 1.57. The van der Waals surface area contributed by atoms with Gasteiger partial charge in [-0.3, -0.25) is 4.79 Å². The Morgan fingerprint density at radius 1 is 1.33 bits per heavy atom. The molecule has 3 aliphatic rings. The van der Waals surface area contributed by atoms with Gasteiger partial charge in [-0.1, -0.05) is 26.0 Å². The molecular weight excluding hydrogens is 395 g/mol. The first-order chi connectivity index (χ1) is 14.1. The summed E-state index contributed by atoms with van der Waals surface area (Å²) in [5.41, 5.74) is -0.261. The summed E-state index contributed by atoms with van der Waals surface area (Å²) < 4.78 is 50.9. The van der Waals surface area contributed by atoms with Crippen LogP contribution >= 0.6 is 0 Å². The molecule has 1 spiro atoms. The fourth-order valence-electron chi connectivity index (χ4n) is 6.44.